The van der Waals surface area contributed by atoms with Crippen molar-refractivity contribution in [1.82, 2.24) is 20.4 Å². The van der Waals surface area contributed by atoms with E-state index in [4.69, 9.17) is 11.6 Å². The summed E-state index contributed by atoms with van der Waals surface area (Å²) in [6.07, 6.45) is 4.29. The van der Waals surface area contributed by atoms with E-state index in [1.165, 1.54) is 0 Å². The van der Waals surface area contributed by atoms with Gasteiger partial charge in [-0.05, 0) is 31.0 Å². The van der Waals surface area contributed by atoms with Gasteiger partial charge in [-0.1, -0.05) is 29.8 Å². The molecular weight excluding hydrogens is 312 g/mol. The Kier molecular flexibility index (Phi) is 6.62. The number of carbonyl (C=O) groups excluding carboxylic acids is 1. The number of carbonyl (C=O) groups is 1. The Morgan fingerprint density at radius 1 is 1.39 bits per heavy atom. The van der Waals surface area contributed by atoms with Gasteiger partial charge in [0.25, 0.3) is 0 Å². The number of rotatable bonds is 8. The van der Waals surface area contributed by atoms with Crippen LogP contribution in [0, 0.1) is 6.92 Å². The number of amides is 1. The molecule has 23 heavy (non-hydrogen) atoms. The van der Waals surface area contributed by atoms with Crippen molar-refractivity contribution in [3.8, 4) is 0 Å². The number of benzene rings is 1. The van der Waals surface area contributed by atoms with Crippen molar-refractivity contribution < 1.29 is 4.79 Å². The van der Waals surface area contributed by atoms with E-state index in [-0.39, 0.29) is 11.9 Å². The van der Waals surface area contributed by atoms with Crippen LogP contribution in [0.15, 0.2) is 36.7 Å². The number of halogens is 1. The summed E-state index contributed by atoms with van der Waals surface area (Å²) in [5.74, 6) is 0.0135. The number of aromatic nitrogens is 2. The lowest BCUT2D eigenvalue weighted by Crippen LogP contribution is -2.34. The van der Waals surface area contributed by atoms with Crippen LogP contribution in [0.2, 0.25) is 5.02 Å². The Labute approximate surface area is 142 Å². The highest BCUT2D eigenvalue weighted by Gasteiger charge is 2.06. The van der Waals surface area contributed by atoms with Crippen LogP contribution in [0.5, 0.6) is 0 Å². The van der Waals surface area contributed by atoms with Gasteiger partial charge in [0.1, 0.15) is 0 Å². The largest absolute Gasteiger partial charge is 0.352 e. The van der Waals surface area contributed by atoms with Gasteiger partial charge in [-0.15, -0.1) is 0 Å². The fraction of sp³-hybridized carbons (Fsp3) is 0.412. The van der Waals surface area contributed by atoms with Crippen LogP contribution < -0.4 is 10.6 Å². The zero-order valence-corrected chi connectivity index (χ0v) is 14.3. The first-order valence-electron chi connectivity index (χ1n) is 7.77. The number of nitrogens with zero attached hydrogens (tertiary/aromatic N) is 2. The highest BCUT2D eigenvalue weighted by Crippen LogP contribution is 2.14. The molecule has 0 fully saturated rings. The van der Waals surface area contributed by atoms with E-state index in [1.807, 2.05) is 48.3 Å². The normalized spacial score (nSPS) is 12.1. The Morgan fingerprint density at radius 3 is 2.87 bits per heavy atom. The molecule has 6 heteroatoms. The van der Waals surface area contributed by atoms with Crippen LogP contribution in [0.25, 0.3) is 0 Å². The van der Waals surface area contributed by atoms with Crippen LogP contribution in [-0.2, 0) is 17.9 Å². The molecule has 0 aliphatic carbocycles. The zero-order chi connectivity index (χ0) is 16.7. The lowest BCUT2D eigenvalue weighted by Gasteiger charge is -2.14. The third kappa shape index (κ3) is 6.04. The molecule has 0 saturated heterocycles. The van der Waals surface area contributed by atoms with Crippen molar-refractivity contribution in [2.75, 3.05) is 6.54 Å². The monoisotopic (exact) mass is 334 g/mol. The standard InChI is InChI=1S/C17H23ClN4O/c1-13-9-21-22(11-13)12-14(2)19-8-7-17(23)20-10-15-5-3-4-6-16(15)18/h3-6,9,11,14,19H,7-8,10,12H2,1-2H3,(H,20,23). The van der Waals surface area contributed by atoms with Crippen molar-refractivity contribution in [1.29, 1.82) is 0 Å². The average molecular weight is 335 g/mol. The molecule has 1 amide bonds. The first-order valence-corrected chi connectivity index (χ1v) is 8.15. The van der Waals surface area contributed by atoms with E-state index in [0.717, 1.165) is 17.7 Å². The molecule has 2 aromatic rings. The summed E-state index contributed by atoms with van der Waals surface area (Å²) in [4.78, 5) is 11.9. The molecule has 0 aliphatic rings. The van der Waals surface area contributed by atoms with E-state index in [0.29, 0.717) is 24.5 Å². The number of hydrogen-bond donors (Lipinski definition) is 2. The van der Waals surface area contributed by atoms with Gasteiger partial charge in [0.15, 0.2) is 0 Å². The molecule has 124 valence electrons. The molecule has 0 bridgehead atoms. The number of aryl methyl sites for hydroxylation is 1. The summed E-state index contributed by atoms with van der Waals surface area (Å²) < 4.78 is 1.91. The van der Waals surface area contributed by atoms with Gasteiger partial charge in [0, 0.05) is 36.8 Å². The quantitative estimate of drug-likeness (QED) is 0.780. The molecule has 5 nitrogen and oxygen atoms in total. The van der Waals surface area contributed by atoms with Crippen molar-refractivity contribution in [3.63, 3.8) is 0 Å². The second-order valence-corrected chi connectivity index (χ2v) is 6.12. The average Bonchev–Trinajstić information content (AvgIpc) is 2.91. The Morgan fingerprint density at radius 2 is 2.17 bits per heavy atom. The molecule has 0 saturated carbocycles. The van der Waals surface area contributed by atoms with E-state index in [1.54, 1.807) is 0 Å². The Bertz CT molecular complexity index is 641. The predicted octanol–water partition coefficient (Wildman–Crippen LogP) is 2.53. The molecule has 1 heterocycles. The maximum absolute atomic E-state index is 11.9. The van der Waals surface area contributed by atoms with Gasteiger partial charge >= 0.3 is 0 Å². The lowest BCUT2D eigenvalue weighted by atomic mass is 10.2. The summed E-state index contributed by atoms with van der Waals surface area (Å²) in [7, 11) is 0. The van der Waals surface area contributed by atoms with Gasteiger partial charge in [0.05, 0.1) is 12.7 Å². The summed E-state index contributed by atoms with van der Waals surface area (Å²) in [5.41, 5.74) is 2.08. The predicted molar refractivity (Wildman–Crippen MR) is 92.3 cm³/mol. The molecule has 1 aromatic carbocycles. The van der Waals surface area contributed by atoms with E-state index in [9.17, 15) is 4.79 Å². The van der Waals surface area contributed by atoms with Crippen LogP contribution in [0.4, 0.5) is 0 Å². The van der Waals surface area contributed by atoms with Crippen molar-refractivity contribution in [2.45, 2.75) is 39.4 Å². The zero-order valence-electron chi connectivity index (χ0n) is 13.6. The maximum atomic E-state index is 11.9. The maximum Gasteiger partial charge on any atom is 0.221 e. The molecule has 2 N–H and O–H groups in total. The highest BCUT2D eigenvalue weighted by molar-refractivity contribution is 6.31. The molecule has 0 spiro atoms. The molecule has 1 atom stereocenters. The topological polar surface area (TPSA) is 59.0 Å². The van der Waals surface area contributed by atoms with Crippen molar-refractivity contribution in [2.24, 2.45) is 0 Å². The first-order chi connectivity index (χ1) is 11.0. The lowest BCUT2D eigenvalue weighted by molar-refractivity contribution is -0.121. The summed E-state index contributed by atoms with van der Waals surface area (Å²) in [6, 6.07) is 7.78. The molecule has 0 radical (unpaired) electrons. The van der Waals surface area contributed by atoms with Crippen molar-refractivity contribution in [3.05, 3.63) is 52.8 Å². The van der Waals surface area contributed by atoms with Gasteiger partial charge in [-0.3, -0.25) is 9.48 Å². The summed E-state index contributed by atoms with van der Waals surface area (Å²) in [5, 5.41) is 11.1. The third-order valence-corrected chi connectivity index (χ3v) is 3.87. The molecule has 1 aromatic heterocycles. The smallest absolute Gasteiger partial charge is 0.221 e. The van der Waals surface area contributed by atoms with Crippen LogP contribution >= 0.6 is 11.6 Å². The van der Waals surface area contributed by atoms with E-state index >= 15 is 0 Å². The van der Waals surface area contributed by atoms with Gasteiger partial charge in [0.2, 0.25) is 5.91 Å². The second kappa shape index (κ2) is 8.70. The van der Waals surface area contributed by atoms with Gasteiger partial charge < -0.3 is 10.6 Å². The van der Waals surface area contributed by atoms with Crippen LogP contribution in [0.3, 0.4) is 0 Å². The van der Waals surface area contributed by atoms with Crippen molar-refractivity contribution >= 4 is 17.5 Å². The molecular formula is C17H23ClN4O. The Hall–Kier alpha value is -1.85. The molecule has 0 aliphatic heterocycles. The van der Waals surface area contributed by atoms with E-state index in [2.05, 4.69) is 22.7 Å². The Balaban J connectivity index is 1.63. The second-order valence-electron chi connectivity index (χ2n) is 5.71. The SMILES string of the molecule is Cc1cnn(CC(C)NCCC(=O)NCc2ccccc2Cl)c1. The first kappa shape index (κ1) is 17.5. The fourth-order valence-corrected chi connectivity index (χ4v) is 2.47. The minimum Gasteiger partial charge on any atom is -0.352 e. The minimum absolute atomic E-state index is 0.0135. The minimum atomic E-state index is 0.0135. The fourth-order valence-electron chi connectivity index (χ4n) is 2.27. The van der Waals surface area contributed by atoms with Crippen LogP contribution in [0.1, 0.15) is 24.5 Å². The van der Waals surface area contributed by atoms with Gasteiger partial charge in [-0.25, -0.2) is 0 Å². The third-order valence-electron chi connectivity index (χ3n) is 3.50. The van der Waals surface area contributed by atoms with Crippen LogP contribution in [-0.4, -0.2) is 28.3 Å². The molecule has 1 unspecified atom stereocenters. The van der Waals surface area contributed by atoms with Gasteiger partial charge in [-0.2, -0.15) is 5.10 Å². The summed E-state index contributed by atoms with van der Waals surface area (Å²) in [6.45, 7) is 5.98. The summed E-state index contributed by atoms with van der Waals surface area (Å²) >= 11 is 6.06. The number of hydrogen-bond acceptors (Lipinski definition) is 3. The molecule has 2 rings (SSSR count). The highest BCUT2D eigenvalue weighted by atomic mass is 35.5. The van der Waals surface area contributed by atoms with E-state index < -0.39 is 0 Å². The number of nitrogens with one attached hydrogen (secondary N) is 2.